The van der Waals surface area contributed by atoms with Gasteiger partial charge >= 0.3 is 0 Å². The molecular formula is C32H37N7O3. The molecule has 1 aliphatic heterocycles. The van der Waals surface area contributed by atoms with Crippen LogP contribution in [-0.4, -0.2) is 65.7 Å². The monoisotopic (exact) mass is 567 g/mol. The molecule has 1 fully saturated rings. The highest BCUT2D eigenvalue weighted by atomic mass is 16.5. The fourth-order valence-corrected chi connectivity index (χ4v) is 5.09. The van der Waals surface area contributed by atoms with Crippen LogP contribution in [0.25, 0.3) is 16.7 Å². The first kappa shape index (κ1) is 28.8. The van der Waals surface area contributed by atoms with Crippen LogP contribution in [0.4, 0.5) is 23.0 Å². The highest BCUT2D eigenvalue weighted by molar-refractivity contribution is 5.99. The number of piperazine rings is 1. The summed E-state index contributed by atoms with van der Waals surface area (Å²) in [5.74, 6) is 0.824. The summed E-state index contributed by atoms with van der Waals surface area (Å²) < 4.78 is 7.28. The smallest absolute Gasteiger partial charge is 0.257 e. The highest BCUT2D eigenvalue weighted by Crippen LogP contribution is 2.32. The summed E-state index contributed by atoms with van der Waals surface area (Å²) >= 11 is 0. The number of pyridine rings is 1. The first-order valence-electron chi connectivity index (χ1n) is 14.0. The number of aromatic nitrogens is 3. The number of benzene rings is 2. The second-order valence-electron chi connectivity index (χ2n) is 10.9. The number of hydrogen-bond acceptors (Lipinski definition) is 8. The van der Waals surface area contributed by atoms with Crippen molar-refractivity contribution in [3.05, 3.63) is 82.8 Å². The van der Waals surface area contributed by atoms with Crippen LogP contribution in [0.5, 0.6) is 5.75 Å². The molecule has 0 radical (unpaired) electrons. The Hall–Kier alpha value is -4.70. The normalized spacial score (nSPS) is 13.8. The Balaban J connectivity index is 1.56. The molecule has 4 aromatic rings. The number of nitrogens with one attached hydrogen (secondary N) is 2. The third-order valence-corrected chi connectivity index (χ3v) is 7.58. The fourth-order valence-electron chi connectivity index (χ4n) is 5.09. The topological polar surface area (TPSA) is 105 Å². The van der Waals surface area contributed by atoms with E-state index in [1.54, 1.807) is 30.0 Å². The first-order chi connectivity index (χ1) is 20.2. The van der Waals surface area contributed by atoms with Gasteiger partial charge in [-0.2, -0.15) is 4.98 Å². The standard InChI is InChI=1S/C32H37N7O3/c1-7-29(40)34-23-15-22(20(2)3)16-25(17-23)39-30(41)14-21(4)26-19-33-32(36-31(26)39)35-27-9-8-24(18-28(27)42-6)38-12-10-37(5)11-13-38/h7-9,14-20H,1,10-13H2,2-6H3,(H,34,40)(H,33,35,36). The summed E-state index contributed by atoms with van der Waals surface area (Å²) in [4.78, 5) is 39.6. The van der Waals surface area contributed by atoms with Crippen LogP contribution in [0.1, 0.15) is 30.9 Å². The minimum Gasteiger partial charge on any atom is -0.494 e. The number of hydrogen-bond donors (Lipinski definition) is 2. The van der Waals surface area contributed by atoms with Crippen LogP contribution in [0, 0.1) is 6.92 Å². The molecule has 2 N–H and O–H groups in total. The SMILES string of the molecule is C=CC(=O)Nc1cc(C(C)C)cc(-n2c(=O)cc(C)c3cnc(Nc4ccc(N5CCN(C)CC5)cc4OC)nc32)c1. The van der Waals surface area contributed by atoms with Crippen molar-refractivity contribution in [1.29, 1.82) is 0 Å². The summed E-state index contributed by atoms with van der Waals surface area (Å²) in [5, 5.41) is 6.85. The summed E-state index contributed by atoms with van der Waals surface area (Å²) in [5.41, 5.74) is 4.92. The van der Waals surface area contributed by atoms with Gasteiger partial charge in [-0.1, -0.05) is 20.4 Å². The summed E-state index contributed by atoms with van der Waals surface area (Å²) in [6.45, 7) is 13.4. The Kier molecular flexibility index (Phi) is 8.26. The van der Waals surface area contributed by atoms with Gasteiger partial charge in [-0.25, -0.2) is 4.98 Å². The number of carbonyl (C=O) groups is 1. The van der Waals surface area contributed by atoms with Crippen LogP contribution in [0.2, 0.25) is 0 Å². The molecular weight excluding hydrogens is 530 g/mol. The van der Waals surface area contributed by atoms with E-state index in [0.29, 0.717) is 34.4 Å². The van der Waals surface area contributed by atoms with E-state index in [1.165, 1.54) is 6.08 Å². The molecule has 0 bridgehead atoms. The fraction of sp³-hybridized carbons (Fsp3) is 0.312. The minimum atomic E-state index is -0.329. The summed E-state index contributed by atoms with van der Waals surface area (Å²) in [6, 6.07) is 13.2. The van der Waals surface area contributed by atoms with Crippen LogP contribution in [0.3, 0.4) is 0 Å². The van der Waals surface area contributed by atoms with E-state index in [2.05, 4.69) is 59.0 Å². The Labute approximate surface area is 245 Å². The molecule has 0 aliphatic carbocycles. The average Bonchev–Trinajstić information content (AvgIpc) is 2.97. The molecule has 42 heavy (non-hydrogen) atoms. The third kappa shape index (κ3) is 5.99. The van der Waals surface area contributed by atoms with Crippen LogP contribution < -0.4 is 25.8 Å². The van der Waals surface area contributed by atoms with Gasteiger partial charge < -0.3 is 25.2 Å². The van der Waals surface area contributed by atoms with E-state index >= 15 is 0 Å². The van der Waals surface area contributed by atoms with Crippen LogP contribution in [0.15, 0.2) is 66.1 Å². The molecule has 3 heterocycles. The molecule has 10 nitrogen and oxygen atoms in total. The number of nitrogens with zero attached hydrogens (tertiary/aromatic N) is 5. The molecule has 0 spiro atoms. The van der Waals surface area contributed by atoms with Crippen molar-refractivity contribution in [2.75, 3.05) is 55.9 Å². The molecule has 0 atom stereocenters. The molecule has 2 aromatic carbocycles. The number of amides is 1. The van der Waals surface area contributed by atoms with E-state index in [-0.39, 0.29) is 17.4 Å². The molecule has 2 aromatic heterocycles. The molecule has 0 saturated carbocycles. The van der Waals surface area contributed by atoms with Crippen molar-refractivity contribution in [3.8, 4) is 11.4 Å². The maximum atomic E-state index is 13.5. The van der Waals surface area contributed by atoms with Crippen molar-refractivity contribution in [2.45, 2.75) is 26.7 Å². The van der Waals surface area contributed by atoms with Gasteiger partial charge in [0.2, 0.25) is 11.9 Å². The van der Waals surface area contributed by atoms with Crippen molar-refractivity contribution < 1.29 is 9.53 Å². The maximum absolute atomic E-state index is 13.5. The quantitative estimate of drug-likeness (QED) is 0.292. The van der Waals surface area contributed by atoms with Crippen molar-refractivity contribution in [3.63, 3.8) is 0 Å². The lowest BCUT2D eigenvalue weighted by atomic mass is 10.0. The summed E-state index contributed by atoms with van der Waals surface area (Å²) in [6.07, 6.45) is 2.93. The van der Waals surface area contributed by atoms with Gasteiger partial charge in [-0.15, -0.1) is 0 Å². The van der Waals surface area contributed by atoms with E-state index in [0.717, 1.165) is 48.4 Å². The number of carbonyl (C=O) groups excluding carboxylic acids is 1. The van der Waals surface area contributed by atoms with E-state index in [4.69, 9.17) is 9.72 Å². The molecule has 0 unspecified atom stereocenters. The number of anilines is 4. The van der Waals surface area contributed by atoms with Crippen molar-refractivity contribution in [1.82, 2.24) is 19.4 Å². The molecule has 5 rings (SSSR count). The Morgan fingerprint density at radius 3 is 2.52 bits per heavy atom. The van der Waals surface area contributed by atoms with Crippen molar-refractivity contribution in [2.24, 2.45) is 0 Å². The zero-order chi connectivity index (χ0) is 30.0. The second-order valence-corrected chi connectivity index (χ2v) is 10.9. The van der Waals surface area contributed by atoms with Crippen LogP contribution >= 0.6 is 0 Å². The number of methoxy groups -OCH3 is 1. The molecule has 1 amide bonds. The average molecular weight is 568 g/mol. The number of ether oxygens (including phenoxy) is 1. The Bertz CT molecular complexity index is 1700. The van der Waals surface area contributed by atoms with Crippen molar-refractivity contribution >= 4 is 40.0 Å². The summed E-state index contributed by atoms with van der Waals surface area (Å²) in [7, 11) is 3.77. The number of likely N-dealkylation sites (N-methyl/N-ethyl adjacent to an activating group) is 1. The maximum Gasteiger partial charge on any atom is 0.257 e. The Morgan fingerprint density at radius 2 is 1.83 bits per heavy atom. The zero-order valence-electron chi connectivity index (χ0n) is 24.8. The molecule has 1 saturated heterocycles. The second kappa shape index (κ2) is 12.0. The predicted molar refractivity (Wildman–Crippen MR) is 169 cm³/mol. The number of rotatable bonds is 8. The largest absolute Gasteiger partial charge is 0.494 e. The Morgan fingerprint density at radius 1 is 1.07 bits per heavy atom. The van der Waals surface area contributed by atoms with Gasteiger partial charge in [0.1, 0.15) is 5.75 Å². The first-order valence-corrected chi connectivity index (χ1v) is 14.0. The molecule has 10 heteroatoms. The highest BCUT2D eigenvalue weighted by Gasteiger charge is 2.18. The van der Waals surface area contributed by atoms with E-state index in [9.17, 15) is 9.59 Å². The van der Waals surface area contributed by atoms with Crippen LogP contribution in [-0.2, 0) is 4.79 Å². The molecule has 1 aliphatic rings. The minimum absolute atomic E-state index is 0.157. The lowest BCUT2D eigenvalue weighted by Crippen LogP contribution is -2.44. The molecule has 218 valence electrons. The van der Waals surface area contributed by atoms with Gasteiger partial charge in [-0.3, -0.25) is 14.2 Å². The number of fused-ring (bicyclic) bond motifs is 1. The van der Waals surface area contributed by atoms with E-state index in [1.807, 2.05) is 31.2 Å². The van der Waals surface area contributed by atoms with E-state index < -0.39 is 0 Å². The van der Waals surface area contributed by atoms with Gasteiger partial charge in [0.15, 0.2) is 5.65 Å². The number of aryl methyl sites for hydroxylation is 1. The zero-order valence-corrected chi connectivity index (χ0v) is 24.8. The van der Waals surface area contributed by atoms with Gasteiger partial charge in [-0.05, 0) is 67.4 Å². The van der Waals surface area contributed by atoms with Gasteiger partial charge in [0, 0.05) is 61.3 Å². The third-order valence-electron chi connectivity index (χ3n) is 7.58. The van der Waals surface area contributed by atoms with Gasteiger partial charge in [0.25, 0.3) is 5.56 Å². The lowest BCUT2D eigenvalue weighted by molar-refractivity contribution is -0.111. The lowest BCUT2D eigenvalue weighted by Gasteiger charge is -2.34. The predicted octanol–water partition coefficient (Wildman–Crippen LogP) is 4.84. The van der Waals surface area contributed by atoms with Gasteiger partial charge in [0.05, 0.1) is 18.5 Å².